The van der Waals surface area contributed by atoms with Crippen LogP contribution >= 0.6 is 0 Å². The number of benzene rings is 2. The molecule has 0 saturated heterocycles. The van der Waals surface area contributed by atoms with Crippen LogP contribution in [0.2, 0.25) is 0 Å². The zero-order valence-corrected chi connectivity index (χ0v) is 14.4. The number of aromatic nitrogens is 2. The van der Waals surface area contributed by atoms with Gasteiger partial charge in [0.1, 0.15) is 5.82 Å². The van der Waals surface area contributed by atoms with Gasteiger partial charge in [-0.05, 0) is 42.0 Å². The van der Waals surface area contributed by atoms with E-state index in [2.05, 4.69) is 10.4 Å². The molecule has 1 N–H and O–H groups in total. The van der Waals surface area contributed by atoms with Crippen molar-refractivity contribution in [2.24, 2.45) is 0 Å². The van der Waals surface area contributed by atoms with Crippen molar-refractivity contribution in [3.8, 4) is 22.9 Å². The predicted octanol–water partition coefficient (Wildman–Crippen LogP) is 2.68. The van der Waals surface area contributed by atoms with Crippen molar-refractivity contribution in [1.29, 1.82) is 0 Å². The average Bonchev–Trinajstić information content (AvgIpc) is 3.33. The number of fused-ring (bicyclic) bond motifs is 1. The third-order valence-electron chi connectivity index (χ3n) is 4.10. The summed E-state index contributed by atoms with van der Waals surface area (Å²) in [6.07, 6.45) is 1.57. The monoisotopic (exact) mass is 369 g/mol. The molecule has 0 bridgehead atoms. The van der Waals surface area contributed by atoms with Crippen LogP contribution in [-0.4, -0.2) is 29.6 Å². The first-order valence-corrected chi connectivity index (χ1v) is 8.20. The van der Waals surface area contributed by atoms with Gasteiger partial charge in [-0.2, -0.15) is 5.10 Å². The van der Waals surface area contributed by atoms with Gasteiger partial charge in [0.25, 0.3) is 5.91 Å². The third-order valence-corrected chi connectivity index (χ3v) is 4.10. The number of methoxy groups -OCH3 is 1. The Morgan fingerprint density at radius 1 is 1.22 bits per heavy atom. The Labute approximate surface area is 154 Å². The van der Waals surface area contributed by atoms with Crippen molar-refractivity contribution in [1.82, 2.24) is 15.1 Å². The highest BCUT2D eigenvalue weighted by Gasteiger charge is 2.19. The predicted molar refractivity (Wildman–Crippen MR) is 93.8 cm³/mol. The molecule has 1 aliphatic rings. The fourth-order valence-corrected chi connectivity index (χ4v) is 2.71. The van der Waals surface area contributed by atoms with Crippen LogP contribution in [0.25, 0.3) is 5.69 Å². The number of carbonyl (C=O) groups excluding carboxylic acids is 1. The maximum atomic E-state index is 13.1. The smallest absolute Gasteiger partial charge is 0.275 e. The molecule has 0 atom stereocenters. The second-order valence-corrected chi connectivity index (χ2v) is 5.84. The number of hydrogen-bond acceptors (Lipinski definition) is 5. The van der Waals surface area contributed by atoms with Gasteiger partial charge in [0.15, 0.2) is 22.9 Å². The van der Waals surface area contributed by atoms with Gasteiger partial charge in [0, 0.05) is 6.54 Å². The number of nitrogens with zero attached hydrogens (tertiary/aromatic N) is 2. The molecule has 7 nitrogen and oxygen atoms in total. The maximum Gasteiger partial charge on any atom is 0.275 e. The van der Waals surface area contributed by atoms with Gasteiger partial charge in [-0.25, -0.2) is 9.07 Å². The number of rotatable bonds is 5. The summed E-state index contributed by atoms with van der Waals surface area (Å²) in [7, 11) is 1.46. The van der Waals surface area contributed by atoms with E-state index in [0.29, 0.717) is 29.5 Å². The summed E-state index contributed by atoms with van der Waals surface area (Å²) in [6.45, 7) is 0.491. The van der Waals surface area contributed by atoms with Gasteiger partial charge in [-0.1, -0.05) is 6.07 Å². The summed E-state index contributed by atoms with van der Waals surface area (Å²) >= 11 is 0. The fraction of sp³-hybridized carbons (Fsp3) is 0.158. The van der Waals surface area contributed by atoms with Crippen molar-refractivity contribution >= 4 is 5.91 Å². The summed E-state index contributed by atoms with van der Waals surface area (Å²) in [5.41, 5.74) is 1.62. The number of halogens is 1. The van der Waals surface area contributed by atoms with E-state index in [9.17, 15) is 9.18 Å². The zero-order chi connectivity index (χ0) is 18.8. The van der Waals surface area contributed by atoms with E-state index in [0.717, 1.165) is 5.56 Å². The van der Waals surface area contributed by atoms with Crippen molar-refractivity contribution < 1.29 is 23.4 Å². The Morgan fingerprint density at radius 2 is 2.00 bits per heavy atom. The van der Waals surface area contributed by atoms with E-state index in [1.165, 1.54) is 23.9 Å². The van der Waals surface area contributed by atoms with Crippen LogP contribution < -0.4 is 19.5 Å². The Balaban J connectivity index is 1.50. The van der Waals surface area contributed by atoms with E-state index >= 15 is 0 Å². The number of ether oxygens (including phenoxy) is 3. The van der Waals surface area contributed by atoms with Crippen molar-refractivity contribution in [2.75, 3.05) is 13.9 Å². The quantitative estimate of drug-likeness (QED) is 0.748. The highest BCUT2D eigenvalue weighted by Crippen LogP contribution is 2.32. The fourth-order valence-electron chi connectivity index (χ4n) is 2.71. The van der Waals surface area contributed by atoms with E-state index in [1.54, 1.807) is 24.4 Å². The van der Waals surface area contributed by atoms with E-state index in [1.807, 2.05) is 12.1 Å². The summed E-state index contributed by atoms with van der Waals surface area (Å²) in [5, 5.41) is 7.07. The molecule has 1 amide bonds. The second-order valence-electron chi connectivity index (χ2n) is 5.84. The first-order chi connectivity index (χ1) is 13.1. The number of nitrogens with one attached hydrogen (secondary N) is 1. The minimum Gasteiger partial charge on any atom is -0.493 e. The molecule has 27 heavy (non-hydrogen) atoms. The van der Waals surface area contributed by atoms with Gasteiger partial charge < -0.3 is 19.5 Å². The van der Waals surface area contributed by atoms with Crippen molar-refractivity contribution in [2.45, 2.75) is 6.54 Å². The highest BCUT2D eigenvalue weighted by molar-refractivity contribution is 5.94. The van der Waals surface area contributed by atoms with Gasteiger partial charge in [-0.15, -0.1) is 0 Å². The molecule has 0 radical (unpaired) electrons. The Morgan fingerprint density at radius 3 is 2.78 bits per heavy atom. The molecule has 0 spiro atoms. The van der Waals surface area contributed by atoms with Gasteiger partial charge in [0.05, 0.1) is 19.0 Å². The van der Waals surface area contributed by atoms with E-state index in [4.69, 9.17) is 14.2 Å². The lowest BCUT2D eigenvalue weighted by molar-refractivity contribution is 0.0942. The van der Waals surface area contributed by atoms with Crippen LogP contribution in [0.3, 0.4) is 0 Å². The number of hydrogen-bond donors (Lipinski definition) is 1. The first kappa shape index (κ1) is 16.9. The molecule has 0 fully saturated rings. The number of carbonyl (C=O) groups is 1. The van der Waals surface area contributed by atoms with Crippen LogP contribution in [0, 0.1) is 5.82 Å². The topological polar surface area (TPSA) is 74.6 Å². The first-order valence-electron chi connectivity index (χ1n) is 8.20. The van der Waals surface area contributed by atoms with Crippen LogP contribution in [-0.2, 0) is 6.54 Å². The molecule has 0 unspecified atom stereocenters. The standard InChI is InChI=1S/C19H16FN3O4/c1-25-17-10-23(14-5-3-13(20)4-6-14)22-18(17)19(24)21-9-12-2-7-15-16(8-12)27-11-26-15/h2-8,10H,9,11H2,1H3,(H,21,24). The van der Waals surface area contributed by atoms with Gasteiger partial charge in [-0.3, -0.25) is 4.79 Å². The Hall–Kier alpha value is -3.55. The Kier molecular flexibility index (Phi) is 4.37. The molecule has 2 heterocycles. The van der Waals surface area contributed by atoms with Gasteiger partial charge in [0.2, 0.25) is 6.79 Å². The molecular formula is C19H16FN3O4. The summed E-state index contributed by atoms with van der Waals surface area (Å²) in [5.74, 6) is 0.928. The molecule has 0 saturated carbocycles. The molecule has 2 aromatic carbocycles. The molecule has 3 aromatic rings. The largest absolute Gasteiger partial charge is 0.493 e. The molecule has 138 valence electrons. The maximum absolute atomic E-state index is 13.1. The van der Waals surface area contributed by atoms with E-state index in [-0.39, 0.29) is 24.2 Å². The lowest BCUT2D eigenvalue weighted by Gasteiger charge is -2.06. The summed E-state index contributed by atoms with van der Waals surface area (Å²) in [6, 6.07) is 11.2. The van der Waals surface area contributed by atoms with Crippen LogP contribution in [0.1, 0.15) is 16.1 Å². The van der Waals surface area contributed by atoms with E-state index < -0.39 is 0 Å². The van der Waals surface area contributed by atoms with Crippen LogP contribution in [0.5, 0.6) is 17.2 Å². The lowest BCUT2D eigenvalue weighted by Crippen LogP contribution is -2.24. The van der Waals surface area contributed by atoms with Crippen molar-refractivity contribution in [3.05, 3.63) is 65.7 Å². The van der Waals surface area contributed by atoms with Gasteiger partial charge >= 0.3 is 0 Å². The third kappa shape index (κ3) is 3.41. The van der Waals surface area contributed by atoms with Crippen LogP contribution in [0.15, 0.2) is 48.7 Å². The molecule has 1 aliphatic heterocycles. The minimum absolute atomic E-state index is 0.141. The Bertz CT molecular complexity index is 985. The number of amides is 1. The zero-order valence-electron chi connectivity index (χ0n) is 14.4. The minimum atomic E-state index is -0.384. The summed E-state index contributed by atoms with van der Waals surface area (Å²) < 4.78 is 30.4. The lowest BCUT2D eigenvalue weighted by atomic mass is 10.2. The molecule has 8 heteroatoms. The highest BCUT2D eigenvalue weighted by atomic mass is 19.1. The molecular weight excluding hydrogens is 353 g/mol. The second kappa shape index (κ2) is 6.99. The molecule has 0 aliphatic carbocycles. The molecule has 1 aromatic heterocycles. The molecule has 4 rings (SSSR count). The average molecular weight is 369 g/mol. The van der Waals surface area contributed by atoms with Crippen LogP contribution in [0.4, 0.5) is 4.39 Å². The SMILES string of the molecule is COc1cn(-c2ccc(F)cc2)nc1C(=O)NCc1ccc2c(c1)OCO2. The normalized spacial score (nSPS) is 12.1. The summed E-state index contributed by atoms with van der Waals surface area (Å²) in [4.78, 5) is 12.5. The van der Waals surface area contributed by atoms with Crippen molar-refractivity contribution in [3.63, 3.8) is 0 Å².